The summed E-state index contributed by atoms with van der Waals surface area (Å²) >= 11 is 0. The number of nitrogens with one attached hydrogen (secondary N) is 1. The molecule has 1 N–H and O–H groups in total. The van der Waals surface area contributed by atoms with Crippen molar-refractivity contribution in [2.24, 2.45) is 5.41 Å². The first-order chi connectivity index (χ1) is 12.5. The van der Waals surface area contributed by atoms with Crippen molar-refractivity contribution >= 4 is 10.0 Å². The summed E-state index contributed by atoms with van der Waals surface area (Å²) in [5.41, 5.74) is 0.983. The molecule has 0 fully saturated rings. The van der Waals surface area contributed by atoms with E-state index in [9.17, 15) is 8.42 Å². The van der Waals surface area contributed by atoms with E-state index in [0.717, 1.165) is 24.2 Å². The molecule has 156 valence electrons. The Hall–Kier alpha value is -1.11. The molecule has 0 radical (unpaired) electrons. The first-order valence-corrected chi connectivity index (χ1v) is 11.5. The number of rotatable bonds is 12. The van der Waals surface area contributed by atoms with Gasteiger partial charge >= 0.3 is 0 Å². The maximum Gasteiger partial charge on any atom is 0.212 e. The molecule has 5 nitrogen and oxygen atoms in total. The Kier molecular flexibility index (Phi) is 9.77. The number of benzene rings is 1. The van der Waals surface area contributed by atoms with Crippen molar-refractivity contribution in [3.63, 3.8) is 0 Å². The molecule has 0 aromatic heterocycles. The third kappa shape index (κ3) is 10.7. The van der Waals surface area contributed by atoms with Crippen molar-refractivity contribution < 1.29 is 17.9 Å². The summed E-state index contributed by atoms with van der Waals surface area (Å²) in [4.78, 5) is 0. The molecule has 0 bridgehead atoms. The second kappa shape index (κ2) is 11.0. The highest BCUT2D eigenvalue weighted by atomic mass is 32.2. The average molecular weight is 400 g/mol. The van der Waals surface area contributed by atoms with Gasteiger partial charge in [0, 0.05) is 12.6 Å². The summed E-state index contributed by atoms with van der Waals surface area (Å²) in [6, 6.07) is 7.32. The van der Waals surface area contributed by atoms with Gasteiger partial charge in [-0.2, -0.15) is 0 Å². The standard InChI is InChI=1S/C21H37NO4S/c1-7-10-17(2)26-20-12-8-11-19(15-20)18(3)22-27(23,24)14-9-13-25-16-21(4,5)6/h8,11-12,15,17-18,22H,7,9-10,13-14,16H2,1-6H3/t17-,18-/m1/s1. The first-order valence-electron chi connectivity index (χ1n) is 9.87. The van der Waals surface area contributed by atoms with Gasteiger partial charge in [0.05, 0.1) is 18.5 Å². The largest absolute Gasteiger partial charge is 0.491 e. The SMILES string of the molecule is CCC[C@@H](C)Oc1cccc([C@@H](C)NS(=O)(=O)CCCOCC(C)(C)C)c1. The molecular weight excluding hydrogens is 362 g/mol. The van der Waals surface area contributed by atoms with Crippen LogP contribution in [0.2, 0.25) is 0 Å². The summed E-state index contributed by atoms with van der Waals surface area (Å²) in [6.45, 7) is 13.4. The Balaban J connectivity index is 2.52. The van der Waals surface area contributed by atoms with E-state index in [-0.39, 0.29) is 23.3 Å². The van der Waals surface area contributed by atoms with Crippen LogP contribution in [0.15, 0.2) is 24.3 Å². The van der Waals surface area contributed by atoms with Gasteiger partial charge in [-0.3, -0.25) is 0 Å². The Labute approximate surface area is 165 Å². The summed E-state index contributed by atoms with van der Waals surface area (Å²) in [5, 5.41) is 0. The molecule has 0 amide bonds. The Morgan fingerprint density at radius 1 is 1.19 bits per heavy atom. The normalized spacial score (nSPS) is 14.7. The van der Waals surface area contributed by atoms with E-state index in [1.54, 1.807) is 0 Å². The Morgan fingerprint density at radius 2 is 1.89 bits per heavy atom. The molecule has 0 saturated carbocycles. The van der Waals surface area contributed by atoms with Crippen LogP contribution in [0, 0.1) is 5.41 Å². The van der Waals surface area contributed by atoms with Crippen molar-refractivity contribution in [1.82, 2.24) is 4.72 Å². The summed E-state index contributed by atoms with van der Waals surface area (Å²) in [7, 11) is -3.36. The van der Waals surface area contributed by atoms with Gasteiger partial charge in [-0.05, 0) is 49.8 Å². The summed E-state index contributed by atoms with van der Waals surface area (Å²) in [6.07, 6.45) is 2.68. The number of hydrogen-bond acceptors (Lipinski definition) is 4. The van der Waals surface area contributed by atoms with Gasteiger partial charge in [-0.1, -0.05) is 46.2 Å². The van der Waals surface area contributed by atoms with Crippen LogP contribution >= 0.6 is 0 Å². The second-order valence-corrected chi connectivity index (χ2v) is 10.3. The van der Waals surface area contributed by atoms with Crippen molar-refractivity contribution in [2.75, 3.05) is 19.0 Å². The highest BCUT2D eigenvalue weighted by molar-refractivity contribution is 7.89. The molecule has 27 heavy (non-hydrogen) atoms. The predicted octanol–water partition coefficient (Wildman–Crippen LogP) is 4.69. The summed E-state index contributed by atoms with van der Waals surface area (Å²) in [5.74, 6) is 0.834. The summed E-state index contributed by atoms with van der Waals surface area (Å²) < 4.78 is 38.8. The number of ether oxygens (including phenoxy) is 2. The van der Waals surface area contributed by atoms with Gasteiger partial charge < -0.3 is 9.47 Å². The van der Waals surface area contributed by atoms with Crippen LogP contribution in [0.25, 0.3) is 0 Å². The van der Waals surface area contributed by atoms with E-state index in [2.05, 4.69) is 32.4 Å². The molecule has 2 atom stereocenters. The minimum Gasteiger partial charge on any atom is -0.491 e. The van der Waals surface area contributed by atoms with Crippen molar-refractivity contribution in [1.29, 1.82) is 0 Å². The van der Waals surface area contributed by atoms with Crippen molar-refractivity contribution in [2.45, 2.75) is 73.0 Å². The minimum absolute atomic E-state index is 0.0607. The fourth-order valence-electron chi connectivity index (χ4n) is 2.68. The lowest BCUT2D eigenvalue weighted by molar-refractivity contribution is 0.0720. The van der Waals surface area contributed by atoms with Crippen LogP contribution < -0.4 is 9.46 Å². The maximum absolute atomic E-state index is 12.3. The second-order valence-electron chi connectivity index (χ2n) is 8.41. The van der Waals surface area contributed by atoms with Crippen molar-refractivity contribution in [3.8, 4) is 5.75 Å². The fourth-order valence-corrected chi connectivity index (χ4v) is 3.97. The van der Waals surface area contributed by atoms with Crippen LogP contribution in [0.1, 0.15) is 72.4 Å². The fraction of sp³-hybridized carbons (Fsp3) is 0.714. The molecule has 6 heteroatoms. The molecule has 1 aromatic rings. The predicted molar refractivity (Wildman–Crippen MR) is 112 cm³/mol. The van der Waals surface area contributed by atoms with E-state index in [1.165, 1.54) is 0 Å². The van der Waals surface area contributed by atoms with Crippen molar-refractivity contribution in [3.05, 3.63) is 29.8 Å². The van der Waals surface area contributed by atoms with E-state index < -0.39 is 10.0 Å². The topological polar surface area (TPSA) is 64.6 Å². The quantitative estimate of drug-likeness (QED) is 0.518. The molecular formula is C21H37NO4S. The zero-order valence-corrected chi connectivity index (χ0v) is 18.6. The minimum atomic E-state index is -3.36. The van der Waals surface area contributed by atoms with E-state index in [0.29, 0.717) is 19.6 Å². The Morgan fingerprint density at radius 3 is 2.52 bits per heavy atom. The zero-order chi connectivity index (χ0) is 20.5. The third-order valence-electron chi connectivity index (χ3n) is 3.98. The average Bonchev–Trinajstić information content (AvgIpc) is 2.53. The van der Waals surface area contributed by atoms with E-state index in [1.807, 2.05) is 38.1 Å². The van der Waals surface area contributed by atoms with Crippen LogP contribution in [0.4, 0.5) is 0 Å². The van der Waals surface area contributed by atoms with Gasteiger partial charge in [-0.15, -0.1) is 0 Å². The Bertz CT molecular complexity index is 652. The molecule has 0 spiro atoms. The lowest BCUT2D eigenvalue weighted by Crippen LogP contribution is -2.29. The van der Waals surface area contributed by atoms with Gasteiger partial charge in [0.2, 0.25) is 10.0 Å². The highest BCUT2D eigenvalue weighted by Crippen LogP contribution is 2.21. The van der Waals surface area contributed by atoms with Crippen LogP contribution in [0.3, 0.4) is 0 Å². The monoisotopic (exact) mass is 399 g/mol. The highest BCUT2D eigenvalue weighted by Gasteiger charge is 2.17. The van der Waals surface area contributed by atoms with Gasteiger partial charge in [-0.25, -0.2) is 13.1 Å². The number of hydrogen-bond donors (Lipinski definition) is 1. The zero-order valence-electron chi connectivity index (χ0n) is 17.7. The van der Waals surface area contributed by atoms with Gasteiger partial charge in [0.25, 0.3) is 0 Å². The molecule has 0 aliphatic rings. The van der Waals surface area contributed by atoms with Crippen LogP contribution in [0.5, 0.6) is 5.75 Å². The lowest BCUT2D eigenvalue weighted by atomic mass is 9.99. The van der Waals surface area contributed by atoms with E-state index >= 15 is 0 Å². The molecule has 0 unspecified atom stereocenters. The molecule has 1 rings (SSSR count). The van der Waals surface area contributed by atoms with Crippen LogP contribution in [-0.4, -0.2) is 33.5 Å². The molecule has 0 saturated heterocycles. The molecule has 1 aromatic carbocycles. The lowest BCUT2D eigenvalue weighted by Gasteiger charge is -2.19. The number of sulfonamides is 1. The molecule has 0 heterocycles. The molecule has 0 aliphatic carbocycles. The van der Waals surface area contributed by atoms with E-state index in [4.69, 9.17) is 9.47 Å². The van der Waals surface area contributed by atoms with Crippen LogP contribution in [-0.2, 0) is 14.8 Å². The third-order valence-corrected chi connectivity index (χ3v) is 5.52. The maximum atomic E-state index is 12.3. The van der Waals surface area contributed by atoms with Gasteiger partial charge in [0.1, 0.15) is 5.75 Å². The first kappa shape index (κ1) is 23.9. The molecule has 0 aliphatic heterocycles. The van der Waals surface area contributed by atoms with Gasteiger partial charge in [0.15, 0.2) is 0 Å². The smallest absolute Gasteiger partial charge is 0.212 e.